The molecule has 0 saturated carbocycles. The Balaban J connectivity index is 5.47. The molecule has 0 aliphatic heterocycles. The third kappa shape index (κ3) is 4.34. The molecule has 128 valence electrons. The summed E-state index contributed by atoms with van der Waals surface area (Å²) in [5.74, 6) is -11.6. The molecule has 0 fully saturated rings. The Morgan fingerprint density at radius 2 is 1.33 bits per heavy atom. The van der Waals surface area contributed by atoms with Crippen LogP contribution in [0.25, 0.3) is 0 Å². The van der Waals surface area contributed by atoms with Crippen LogP contribution in [0.3, 0.4) is 0 Å². The van der Waals surface area contributed by atoms with Crippen molar-refractivity contribution < 1.29 is 56.5 Å². The van der Waals surface area contributed by atoms with Crippen LogP contribution in [-0.4, -0.2) is 44.5 Å². The van der Waals surface area contributed by atoms with Crippen LogP contribution >= 0.6 is 0 Å². The van der Waals surface area contributed by atoms with Gasteiger partial charge in [0.05, 0.1) is 0 Å². The Kier molecular flexibility index (Phi) is 5.24. The van der Waals surface area contributed by atoms with Crippen LogP contribution in [0.5, 0.6) is 0 Å². The van der Waals surface area contributed by atoms with Gasteiger partial charge < -0.3 is 0 Å². The zero-order chi connectivity index (χ0) is 17.5. The zero-order valence-corrected chi connectivity index (χ0v) is 10.5. The fourth-order valence-corrected chi connectivity index (χ4v) is 1.63. The van der Waals surface area contributed by atoms with Crippen LogP contribution in [-0.2, 0) is 14.3 Å². The topological polar surface area (TPSA) is 43.4 Å². The first-order valence-electron chi connectivity index (χ1n) is 4.59. The molecule has 14 heteroatoms. The quantitative estimate of drug-likeness (QED) is 0.540. The standard InChI is InChI=1S/C7H6F10O3S/c1-4(9,10)6(14,15)3(8)7(16,17)21(18,19)20-2-5(11,12)13/h3H,2H2,1H3. The van der Waals surface area contributed by atoms with E-state index in [-0.39, 0.29) is 0 Å². The van der Waals surface area contributed by atoms with E-state index in [9.17, 15) is 52.3 Å². The molecule has 0 aromatic carbocycles. The number of hydrogen-bond donors (Lipinski definition) is 0. The summed E-state index contributed by atoms with van der Waals surface area (Å²) in [7, 11) is -6.88. The van der Waals surface area contributed by atoms with Crippen LogP contribution in [0.15, 0.2) is 0 Å². The van der Waals surface area contributed by atoms with Crippen LogP contribution in [0.1, 0.15) is 6.92 Å². The van der Waals surface area contributed by atoms with E-state index in [1.807, 2.05) is 0 Å². The normalized spacial score (nSPS) is 16.9. The summed E-state index contributed by atoms with van der Waals surface area (Å²) in [6.45, 7) is -3.55. The average molecular weight is 360 g/mol. The first kappa shape index (κ1) is 20.2. The Labute approximate surface area is 111 Å². The van der Waals surface area contributed by atoms with E-state index in [1.165, 1.54) is 0 Å². The maximum absolute atomic E-state index is 12.9. The van der Waals surface area contributed by atoms with Crippen LogP contribution < -0.4 is 0 Å². The van der Waals surface area contributed by atoms with Gasteiger partial charge in [-0.2, -0.15) is 39.2 Å². The minimum absolute atomic E-state index is 0.682. The third-order valence-electron chi connectivity index (χ3n) is 1.91. The van der Waals surface area contributed by atoms with Gasteiger partial charge in [-0.05, 0) is 0 Å². The largest absolute Gasteiger partial charge is 0.413 e. The van der Waals surface area contributed by atoms with Crippen LogP contribution in [0.4, 0.5) is 43.9 Å². The average Bonchev–Trinajstić information content (AvgIpc) is 2.22. The van der Waals surface area contributed by atoms with Crippen molar-refractivity contribution in [2.24, 2.45) is 0 Å². The molecule has 0 aliphatic rings. The zero-order valence-electron chi connectivity index (χ0n) is 9.70. The van der Waals surface area contributed by atoms with Crippen LogP contribution in [0.2, 0.25) is 0 Å². The molecule has 0 aliphatic carbocycles. The first-order chi connectivity index (χ1) is 8.86. The lowest BCUT2D eigenvalue weighted by Gasteiger charge is -2.30. The summed E-state index contributed by atoms with van der Waals surface area (Å²) in [5.41, 5.74) is 0. The summed E-state index contributed by atoms with van der Waals surface area (Å²) in [6, 6.07) is 0. The predicted molar refractivity (Wildman–Crippen MR) is 46.3 cm³/mol. The molecule has 1 atom stereocenters. The van der Waals surface area contributed by atoms with E-state index in [0.29, 0.717) is 0 Å². The number of alkyl halides is 10. The van der Waals surface area contributed by atoms with Gasteiger partial charge in [-0.1, -0.05) is 0 Å². The Morgan fingerprint density at radius 3 is 1.62 bits per heavy atom. The summed E-state index contributed by atoms with van der Waals surface area (Å²) >= 11 is 0. The fraction of sp³-hybridized carbons (Fsp3) is 1.00. The second kappa shape index (κ2) is 5.44. The van der Waals surface area contributed by atoms with Crippen molar-refractivity contribution in [3.05, 3.63) is 0 Å². The maximum atomic E-state index is 12.9. The molecule has 0 bridgehead atoms. The summed E-state index contributed by atoms with van der Waals surface area (Å²) in [4.78, 5) is 0. The van der Waals surface area contributed by atoms with Crippen molar-refractivity contribution >= 4 is 10.1 Å². The monoisotopic (exact) mass is 360 g/mol. The van der Waals surface area contributed by atoms with E-state index in [0.717, 1.165) is 0 Å². The maximum Gasteiger partial charge on any atom is 0.413 e. The van der Waals surface area contributed by atoms with Gasteiger partial charge in [0.15, 0.2) is 6.61 Å². The molecular weight excluding hydrogens is 354 g/mol. The molecule has 0 spiro atoms. The van der Waals surface area contributed by atoms with E-state index in [2.05, 4.69) is 4.18 Å². The highest BCUT2D eigenvalue weighted by atomic mass is 32.2. The molecule has 0 rings (SSSR count). The second-order valence-electron chi connectivity index (χ2n) is 3.77. The molecule has 0 aromatic heterocycles. The molecule has 3 nitrogen and oxygen atoms in total. The lowest BCUT2D eigenvalue weighted by molar-refractivity contribution is -0.256. The molecule has 0 radical (unpaired) electrons. The van der Waals surface area contributed by atoms with Gasteiger partial charge in [0, 0.05) is 6.92 Å². The fourth-order valence-electron chi connectivity index (χ4n) is 0.783. The smallest absolute Gasteiger partial charge is 0.256 e. The summed E-state index contributed by atoms with van der Waals surface area (Å²) < 4.78 is 147. The van der Waals surface area contributed by atoms with E-state index >= 15 is 0 Å². The van der Waals surface area contributed by atoms with Crippen LogP contribution in [0, 0.1) is 0 Å². The predicted octanol–water partition coefficient (Wildman–Crippen LogP) is 3.12. The van der Waals surface area contributed by atoms with Crippen molar-refractivity contribution in [3.8, 4) is 0 Å². The Bertz CT molecular complexity index is 462. The highest BCUT2D eigenvalue weighted by molar-refractivity contribution is 7.87. The van der Waals surface area contributed by atoms with E-state index in [1.54, 1.807) is 0 Å². The molecule has 0 amide bonds. The third-order valence-corrected chi connectivity index (χ3v) is 3.21. The first-order valence-corrected chi connectivity index (χ1v) is 6.00. The van der Waals surface area contributed by atoms with Crippen molar-refractivity contribution in [3.63, 3.8) is 0 Å². The van der Waals surface area contributed by atoms with Gasteiger partial charge in [-0.15, -0.1) is 0 Å². The molecule has 0 saturated heterocycles. The summed E-state index contributed by atoms with van der Waals surface area (Å²) in [5, 5.41) is -6.33. The second-order valence-corrected chi connectivity index (χ2v) is 5.46. The van der Waals surface area contributed by atoms with Gasteiger partial charge >= 0.3 is 33.4 Å². The van der Waals surface area contributed by atoms with E-state index in [4.69, 9.17) is 0 Å². The van der Waals surface area contributed by atoms with Crippen molar-refractivity contribution in [1.82, 2.24) is 0 Å². The molecular formula is C7H6F10O3S. The van der Waals surface area contributed by atoms with Crippen molar-refractivity contribution in [1.29, 1.82) is 0 Å². The van der Waals surface area contributed by atoms with Crippen molar-refractivity contribution in [2.45, 2.75) is 36.4 Å². The number of hydrogen-bond acceptors (Lipinski definition) is 3. The van der Waals surface area contributed by atoms with Gasteiger partial charge in [0.2, 0.25) is 6.17 Å². The Hall–Kier alpha value is -0.790. The summed E-state index contributed by atoms with van der Waals surface area (Å²) in [6.07, 6.45) is -10.8. The molecule has 21 heavy (non-hydrogen) atoms. The lowest BCUT2D eigenvalue weighted by atomic mass is 10.1. The minimum Gasteiger partial charge on any atom is -0.256 e. The SMILES string of the molecule is CC(F)(F)C(F)(F)C(F)C(F)(F)S(=O)(=O)OCC(F)(F)F. The van der Waals surface area contributed by atoms with Crippen molar-refractivity contribution in [2.75, 3.05) is 6.61 Å². The van der Waals surface area contributed by atoms with Gasteiger partial charge in [-0.25, -0.2) is 13.2 Å². The number of rotatable bonds is 6. The Morgan fingerprint density at radius 1 is 0.952 bits per heavy atom. The molecule has 1 unspecified atom stereocenters. The molecule has 0 aromatic rings. The number of halogens is 10. The highest BCUT2D eigenvalue weighted by Gasteiger charge is 2.71. The van der Waals surface area contributed by atoms with E-state index < -0.39 is 53.1 Å². The highest BCUT2D eigenvalue weighted by Crippen LogP contribution is 2.46. The van der Waals surface area contributed by atoms with Gasteiger partial charge in [-0.3, -0.25) is 4.18 Å². The van der Waals surface area contributed by atoms with Gasteiger partial charge in [0.25, 0.3) is 0 Å². The molecule has 0 heterocycles. The van der Waals surface area contributed by atoms with Gasteiger partial charge in [0.1, 0.15) is 0 Å². The molecule has 0 N–H and O–H groups in total. The minimum atomic E-state index is -6.88. The lowest BCUT2D eigenvalue weighted by Crippen LogP contribution is -2.56.